The summed E-state index contributed by atoms with van der Waals surface area (Å²) in [5.41, 5.74) is 2.39. The molecule has 5 heteroatoms. The van der Waals surface area contributed by atoms with Crippen LogP contribution in [0.2, 0.25) is 0 Å². The second-order valence-electron chi connectivity index (χ2n) is 3.80. The Kier molecular flexibility index (Phi) is 3.58. The number of anilines is 1. The fourth-order valence-corrected chi connectivity index (χ4v) is 2.42. The summed E-state index contributed by atoms with van der Waals surface area (Å²) < 4.78 is 1.63. The first kappa shape index (κ1) is 11.9. The van der Waals surface area contributed by atoms with Gasteiger partial charge in [0, 0.05) is 25.5 Å². The van der Waals surface area contributed by atoms with Crippen molar-refractivity contribution in [3.63, 3.8) is 0 Å². The van der Waals surface area contributed by atoms with Gasteiger partial charge in [-0.2, -0.15) is 11.3 Å². The van der Waals surface area contributed by atoms with Crippen molar-refractivity contribution < 1.29 is 0 Å². The number of nitrogens with one attached hydrogen (secondary N) is 1. The van der Waals surface area contributed by atoms with Gasteiger partial charge < -0.3 is 9.88 Å². The van der Waals surface area contributed by atoms with Crippen LogP contribution in [0.1, 0.15) is 18.1 Å². The van der Waals surface area contributed by atoms with Crippen LogP contribution in [-0.2, 0) is 13.1 Å². The van der Waals surface area contributed by atoms with Crippen LogP contribution in [0.25, 0.3) is 0 Å². The molecule has 0 radical (unpaired) electrons. The van der Waals surface area contributed by atoms with Crippen LogP contribution in [-0.4, -0.2) is 9.55 Å². The molecule has 0 aromatic carbocycles. The SMILES string of the molecule is CCn1ccnc(NCc2cscc2C)c1=O. The molecule has 2 aromatic rings. The number of aromatic nitrogens is 2. The molecule has 0 bridgehead atoms. The van der Waals surface area contributed by atoms with Crippen molar-refractivity contribution >= 4 is 17.2 Å². The van der Waals surface area contributed by atoms with Gasteiger partial charge >= 0.3 is 0 Å². The van der Waals surface area contributed by atoms with Crippen LogP contribution in [0.5, 0.6) is 0 Å². The second-order valence-corrected chi connectivity index (χ2v) is 4.54. The van der Waals surface area contributed by atoms with E-state index in [1.54, 1.807) is 28.3 Å². The predicted molar refractivity (Wildman–Crippen MR) is 70.6 cm³/mol. The molecule has 0 aliphatic carbocycles. The third-order valence-electron chi connectivity index (χ3n) is 2.66. The molecule has 2 aromatic heterocycles. The van der Waals surface area contributed by atoms with Crippen LogP contribution in [0.15, 0.2) is 27.9 Å². The maximum Gasteiger partial charge on any atom is 0.293 e. The Hall–Kier alpha value is -1.62. The Balaban J connectivity index is 2.15. The molecule has 90 valence electrons. The maximum atomic E-state index is 11.9. The standard InChI is InChI=1S/C12H15N3OS/c1-3-15-5-4-13-11(12(15)16)14-6-10-8-17-7-9(10)2/h4-5,7-8H,3,6H2,1-2H3,(H,13,14). The highest BCUT2D eigenvalue weighted by atomic mass is 32.1. The van der Waals surface area contributed by atoms with E-state index in [-0.39, 0.29) is 5.56 Å². The van der Waals surface area contributed by atoms with E-state index in [1.807, 2.05) is 6.92 Å². The third-order valence-corrected chi connectivity index (χ3v) is 3.57. The zero-order valence-electron chi connectivity index (χ0n) is 9.93. The first-order valence-corrected chi connectivity index (χ1v) is 6.47. The van der Waals surface area contributed by atoms with Crippen molar-refractivity contribution in [1.82, 2.24) is 9.55 Å². The van der Waals surface area contributed by atoms with Crippen molar-refractivity contribution in [2.45, 2.75) is 26.9 Å². The van der Waals surface area contributed by atoms with Crippen molar-refractivity contribution in [3.8, 4) is 0 Å². The average Bonchev–Trinajstić information content (AvgIpc) is 2.74. The molecule has 1 N–H and O–H groups in total. The smallest absolute Gasteiger partial charge is 0.293 e. The molecule has 0 fully saturated rings. The minimum Gasteiger partial charge on any atom is -0.361 e. The molecule has 17 heavy (non-hydrogen) atoms. The van der Waals surface area contributed by atoms with Gasteiger partial charge in [-0.15, -0.1) is 0 Å². The Bertz CT molecular complexity index is 559. The Morgan fingerprint density at radius 1 is 1.47 bits per heavy atom. The molecule has 0 atom stereocenters. The lowest BCUT2D eigenvalue weighted by molar-refractivity contribution is 0.718. The van der Waals surface area contributed by atoms with Gasteiger partial charge in [0.15, 0.2) is 5.82 Å². The second kappa shape index (κ2) is 5.14. The van der Waals surface area contributed by atoms with Crippen molar-refractivity contribution in [3.05, 3.63) is 44.6 Å². The maximum absolute atomic E-state index is 11.9. The number of nitrogens with zero attached hydrogens (tertiary/aromatic N) is 2. The number of hydrogen-bond donors (Lipinski definition) is 1. The summed E-state index contributed by atoms with van der Waals surface area (Å²) in [7, 11) is 0. The largest absolute Gasteiger partial charge is 0.361 e. The van der Waals surface area contributed by atoms with E-state index >= 15 is 0 Å². The zero-order chi connectivity index (χ0) is 12.3. The Labute approximate surface area is 104 Å². The van der Waals surface area contributed by atoms with Crippen molar-refractivity contribution in [1.29, 1.82) is 0 Å². The molecule has 0 aliphatic heterocycles. The van der Waals surface area contributed by atoms with E-state index in [9.17, 15) is 4.79 Å². The van der Waals surface area contributed by atoms with E-state index < -0.39 is 0 Å². The molecular formula is C12H15N3OS. The lowest BCUT2D eigenvalue weighted by Gasteiger charge is -2.07. The van der Waals surface area contributed by atoms with E-state index in [2.05, 4.69) is 28.0 Å². The summed E-state index contributed by atoms with van der Waals surface area (Å²) in [5, 5.41) is 7.28. The van der Waals surface area contributed by atoms with Gasteiger partial charge in [-0.25, -0.2) is 4.98 Å². The number of hydrogen-bond acceptors (Lipinski definition) is 4. The summed E-state index contributed by atoms with van der Waals surface area (Å²) in [6.07, 6.45) is 3.34. The molecule has 2 heterocycles. The highest BCUT2D eigenvalue weighted by Gasteiger charge is 2.04. The lowest BCUT2D eigenvalue weighted by atomic mass is 10.2. The number of thiophene rings is 1. The first-order valence-electron chi connectivity index (χ1n) is 5.53. The summed E-state index contributed by atoms with van der Waals surface area (Å²) >= 11 is 1.67. The van der Waals surface area contributed by atoms with E-state index in [0.717, 1.165) is 0 Å². The first-order chi connectivity index (χ1) is 8.22. The minimum absolute atomic E-state index is 0.0668. The fourth-order valence-electron chi connectivity index (χ4n) is 1.56. The normalized spacial score (nSPS) is 10.5. The number of rotatable bonds is 4. The average molecular weight is 249 g/mol. The molecule has 0 saturated heterocycles. The molecule has 0 aliphatic rings. The van der Waals surface area contributed by atoms with Gasteiger partial charge in [0.25, 0.3) is 5.56 Å². The molecular weight excluding hydrogens is 234 g/mol. The van der Waals surface area contributed by atoms with Gasteiger partial charge in [0.1, 0.15) is 0 Å². The third kappa shape index (κ3) is 2.55. The van der Waals surface area contributed by atoms with Crippen LogP contribution in [0.4, 0.5) is 5.82 Å². The summed E-state index contributed by atoms with van der Waals surface area (Å²) in [5.74, 6) is 0.417. The monoisotopic (exact) mass is 249 g/mol. The summed E-state index contributed by atoms with van der Waals surface area (Å²) in [6, 6.07) is 0. The molecule has 0 amide bonds. The molecule has 2 rings (SSSR count). The number of aryl methyl sites for hydroxylation is 2. The van der Waals surface area contributed by atoms with E-state index in [0.29, 0.717) is 18.9 Å². The van der Waals surface area contributed by atoms with E-state index in [4.69, 9.17) is 0 Å². The molecule has 0 unspecified atom stereocenters. The van der Waals surface area contributed by atoms with Crippen LogP contribution >= 0.6 is 11.3 Å². The van der Waals surface area contributed by atoms with Gasteiger partial charge in [-0.1, -0.05) is 0 Å². The van der Waals surface area contributed by atoms with Gasteiger partial charge in [-0.3, -0.25) is 4.79 Å². The van der Waals surface area contributed by atoms with Crippen LogP contribution in [0.3, 0.4) is 0 Å². The molecule has 4 nitrogen and oxygen atoms in total. The minimum atomic E-state index is -0.0668. The van der Waals surface area contributed by atoms with E-state index in [1.165, 1.54) is 11.1 Å². The zero-order valence-corrected chi connectivity index (χ0v) is 10.8. The van der Waals surface area contributed by atoms with Gasteiger partial charge in [-0.05, 0) is 35.7 Å². The summed E-state index contributed by atoms with van der Waals surface area (Å²) in [6.45, 7) is 5.31. The highest BCUT2D eigenvalue weighted by Crippen LogP contribution is 2.14. The summed E-state index contributed by atoms with van der Waals surface area (Å²) in [4.78, 5) is 16.0. The fraction of sp³-hybridized carbons (Fsp3) is 0.333. The topological polar surface area (TPSA) is 46.9 Å². The Morgan fingerprint density at radius 3 is 2.94 bits per heavy atom. The molecule has 0 spiro atoms. The molecule has 0 saturated carbocycles. The van der Waals surface area contributed by atoms with Gasteiger partial charge in [0.2, 0.25) is 0 Å². The van der Waals surface area contributed by atoms with Crippen LogP contribution in [0, 0.1) is 6.92 Å². The lowest BCUT2D eigenvalue weighted by Crippen LogP contribution is -2.23. The van der Waals surface area contributed by atoms with Crippen molar-refractivity contribution in [2.24, 2.45) is 0 Å². The quantitative estimate of drug-likeness (QED) is 0.904. The van der Waals surface area contributed by atoms with Gasteiger partial charge in [0.05, 0.1) is 0 Å². The Morgan fingerprint density at radius 2 is 2.29 bits per heavy atom. The predicted octanol–water partition coefficient (Wildman–Crippen LogP) is 2.25. The highest BCUT2D eigenvalue weighted by molar-refractivity contribution is 7.08. The van der Waals surface area contributed by atoms with Crippen molar-refractivity contribution in [2.75, 3.05) is 5.32 Å². The van der Waals surface area contributed by atoms with Crippen LogP contribution < -0.4 is 10.9 Å².